The summed E-state index contributed by atoms with van der Waals surface area (Å²) in [7, 11) is 2.11. The third kappa shape index (κ3) is 4.92. The summed E-state index contributed by atoms with van der Waals surface area (Å²) in [5.74, 6) is -0.521. The van der Waals surface area contributed by atoms with Gasteiger partial charge in [0.05, 0.1) is 26.2 Å². The molecule has 2 aromatic heterocycles. The number of ketones is 1. The van der Waals surface area contributed by atoms with E-state index in [0.717, 1.165) is 25.9 Å². The van der Waals surface area contributed by atoms with Crippen LogP contribution in [0.4, 0.5) is 0 Å². The van der Waals surface area contributed by atoms with Gasteiger partial charge in [-0.05, 0) is 57.0 Å². The molecule has 0 spiro atoms. The number of thiophene rings is 2. The maximum Gasteiger partial charge on any atom is 0.264 e. The average molecular weight is 495 g/mol. The van der Waals surface area contributed by atoms with Crippen molar-refractivity contribution in [3.05, 3.63) is 42.7 Å². The molecule has 3 unspecified atom stereocenters. The predicted molar refractivity (Wildman–Crippen MR) is 128 cm³/mol. The Bertz CT molecular complexity index is 1010. The van der Waals surface area contributed by atoms with Gasteiger partial charge in [0.1, 0.15) is 5.78 Å². The molecule has 1 saturated heterocycles. The van der Waals surface area contributed by atoms with Crippen molar-refractivity contribution in [1.82, 2.24) is 15.1 Å². The number of amides is 2. The molecule has 2 amide bonds. The second kappa shape index (κ2) is 9.61. The molecule has 32 heavy (non-hydrogen) atoms. The van der Waals surface area contributed by atoms with Gasteiger partial charge in [0.2, 0.25) is 0 Å². The number of Topliss-reactive ketones (excluding diaryl/α,β-unsaturated/α-hetero) is 1. The highest BCUT2D eigenvalue weighted by Gasteiger charge is 2.41. The van der Waals surface area contributed by atoms with Gasteiger partial charge in [0, 0.05) is 30.6 Å². The molecule has 4 heterocycles. The van der Waals surface area contributed by atoms with E-state index in [4.69, 9.17) is 17.3 Å². The minimum absolute atomic E-state index is 0.117. The van der Waals surface area contributed by atoms with Crippen LogP contribution >= 0.6 is 34.3 Å². The van der Waals surface area contributed by atoms with Crippen LogP contribution in [0, 0.1) is 0 Å². The van der Waals surface area contributed by atoms with Crippen molar-refractivity contribution in [3.8, 4) is 0 Å². The van der Waals surface area contributed by atoms with Crippen LogP contribution in [-0.4, -0.2) is 72.2 Å². The largest absolute Gasteiger partial charge is 0.347 e. The van der Waals surface area contributed by atoms with E-state index in [1.54, 1.807) is 17.0 Å². The van der Waals surface area contributed by atoms with Crippen molar-refractivity contribution >= 4 is 51.9 Å². The van der Waals surface area contributed by atoms with Gasteiger partial charge in [-0.15, -0.1) is 22.7 Å². The molecule has 0 aromatic carbocycles. The van der Waals surface area contributed by atoms with Crippen LogP contribution in [0.15, 0.2) is 18.2 Å². The number of nitrogens with zero attached hydrogens (tertiary/aromatic N) is 2. The van der Waals surface area contributed by atoms with Crippen LogP contribution in [0.3, 0.4) is 0 Å². The van der Waals surface area contributed by atoms with Crippen LogP contribution in [0.5, 0.6) is 0 Å². The molecule has 0 bridgehead atoms. The second-order valence-electron chi connectivity index (χ2n) is 8.53. The van der Waals surface area contributed by atoms with Gasteiger partial charge >= 0.3 is 0 Å². The molecule has 3 atom stereocenters. The summed E-state index contributed by atoms with van der Waals surface area (Å²) in [6.07, 6.45) is 2.30. The third-order valence-electron chi connectivity index (χ3n) is 6.21. The Morgan fingerprint density at radius 3 is 2.62 bits per heavy atom. The van der Waals surface area contributed by atoms with E-state index in [1.807, 2.05) is 6.07 Å². The molecular formula is C22H27ClN4O3S2. The zero-order valence-corrected chi connectivity index (χ0v) is 20.5. The highest BCUT2D eigenvalue weighted by molar-refractivity contribution is 7.18. The molecule has 2 aromatic rings. The summed E-state index contributed by atoms with van der Waals surface area (Å²) in [6.45, 7) is 3.71. The number of fused-ring (bicyclic) bond motifs is 1. The topological polar surface area (TPSA) is 95.7 Å². The highest BCUT2D eigenvalue weighted by Crippen LogP contribution is 2.30. The molecule has 4 rings (SSSR count). The van der Waals surface area contributed by atoms with E-state index < -0.39 is 12.1 Å². The molecule has 7 nitrogen and oxygen atoms in total. The molecular weight excluding hydrogens is 468 g/mol. The number of nitrogens with two attached hydrogens (primary N) is 1. The first-order chi connectivity index (χ1) is 15.2. The lowest BCUT2D eigenvalue weighted by atomic mass is 10.0. The van der Waals surface area contributed by atoms with Crippen molar-refractivity contribution in [2.75, 3.05) is 26.7 Å². The Hall–Kier alpha value is -1.78. The number of carbonyl (C=O) groups is 3. The number of halogens is 1. The van der Waals surface area contributed by atoms with Crippen molar-refractivity contribution in [1.29, 1.82) is 0 Å². The van der Waals surface area contributed by atoms with Gasteiger partial charge in [0.25, 0.3) is 11.8 Å². The Balaban J connectivity index is 1.52. The van der Waals surface area contributed by atoms with Crippen LogP contribution in [0.25, 0.3) is 0 Å². The van der Waals surface area contributed by atoms with Crippen molar-refractivity contribution in [2.45, 2.75) is 44.3 Å². The molecule has 2 aliphatic rings. The van der Waals surface area contributed by atoms with Crippen LogP contribution in [-0.2, 0) is 17.6 Å². The minimum Gasteiger partial charge on any atom is -0.347 e. The number of nitrogens with one attached hydrogen (secondary N) is 1. The zero-order valence-electron chi connectivity index (χ0n) is 18.1. The zero-order chi connectivity index (χ0) is 23.0. The second-order valence-corrected chi connectivity index (χ2v) is 11.4. The first-order valence-electron chi connectivity index (χ1n) is 10.7. The molecule has 3 N–H and O–H groups in total. The summed E-state index contributed by atoms with van der Waals surface area (Å²) in [4.78, 5) is 44.6. The molecule has 10 heteroatoms. The average Bonchev–Trinajstić information content (AvgIpc) is 3.45. The Labute approximate surface area is 200 Å². The molecule has 0 saturated carbocycles. The number of carbonyl (C=O) groups excluding carboxylic acids is 3. The lowest BCUT2D eigenvalue weighted by Crippen LogP contribution is -2.49. The van der Waals surface area contributed by atoms with E-state index in [0.29, 0.717) is 27.1 Å². The summed E-state index contributed by atoms with van der Waals surface area (Å²) in [5, 5.41) is 2.98. The van der Waals surface area contributed by atoms with E-state index in [9.17, 15) is 14.4 Å². The SMILES string of the molecule is CC(=O)C(N)C1CC(NC(=O)c2ccc(Cl)s2)CN1C(=O)c1cc2c(s1)CCN(C)CC2. The number of hydrogen-bond acceptors (Lipinski definition) is 7. The number of hydrogen-bond donors (Lipinski definition) is 2. The van der Waals surface area contributed by atoms with Crippen LogP contribution < -0.4 is 11.1 Å². The van der Waals surface area contributed by atoms with E-state index in [-0.39, 0.29) is 23.6 Å². The van der Waals surface area contributed by atoms with Gasteiger partial charge in [-0.25, -0.2) is 0 Å². The molecule has 0 aliphatic carbocycles. The smallest absolute Gasteiger partial charge is 0.264 e. The highest BCUT2D eigenvalue weighted by atomic mass is 35.5. The molecule has 2 aliphatic heterocycles. The van der Waals surface area contributed by atoms with Gasteiger partial charge in [-0.3, -0.25) is 14.4 Å². The monoisotopic (exact) mass is 494 g/mol. The van der Waals surface area contributed by atoms with Gasteiger partial charge in [-0.2, -0.15) is 0 Å². The van der Waals surface area contributed by atoms with Gasteiger partial charge < -0.3 is 20.9 Å². The Morgan fingerprint density at radius 1 is 1.19 bits per heavy atom. The summed E-state index contributed by atoms with van der Waals surface area (Å²) < 4.78 is 0.540. The predicted octanol–water partition coefficient (Wildman–Crippen LogP) is 2.42. The summed E-state index contributed by atoms with van der Waals surface area (Å²) in [6, 6.07) is 3.83. The number of likely N-dealkylation sites (tertiary alicyclic amines) is 1. The minimum atomic E-state index is -0.788. The van der Waals surface area contributed by atoms with Gasteiger partial charge in [-0.1, -0.05) is 11.6 Å². The fourth-order valence-electron chi connectivity index (χ4n) is 4.36. The van der Waals surface area contributed by atoms with E-state index >= 15 is 0 Å². The van der Waals surface area contributed by atoms with Crippen molar-refractivity contribution < 1.29 is 14.4 Å². The number of likely N-dealkylation sites (N-methyl/N-ethyl adjacent to an activating group) is 1. The lowest BCUT2D eigenvalue weighted by molar-refractivity contribution is -0.119. The molecule has 172 valence electrons. The normalized spacial score (nSPS) is 22.3. The standard InChI is InChI=1S/C22H27ClN4O3S2/c1-12(28)20(24)15-10-14(25-21(29)17-3-4-19(23)32-17)11-27(15)22(30)18-9-13-5-7-26(2)8-6-16(13)31-18/h3-4,9,14-15,20H,5-8,10-11,24H2,1-2H3,(H,25,29). The van der Waals surface area contributed by atoms with Crippen molar-refractivity contribution in [2.24, 2.45) is 5.73 Å². The quantitative estimate of drug-likeness (QED) is 0.665. The maximum atomic E-state index is 13.5. The molecule has 0 radical (unpaired) electrons. The Morgan fingerprint density at radius 2 is 1.94 bits per heavy atom. The molecule has 1 fully saturated rings. The maximum absolute atomic E-state index is 13.5. The van der Waals surface area contributed by atoms with Gasteiger partial charge in [0.15, 0.2) is 0 Å². The Kier molecular flexibility index (Phi) is 7.02. The third-order valence-corrected chi connectivity index (χ3v) is 8.67. The first-order valence-corrected chi connectivity index (χ1v) is 12.7. The van der Waals surface area contributed by atoms with Crippen LogP contribution in [0.1, 0.15) is 43.1 Å². The fourth-order valence-corrected chi connectivity index (χ4v) is 6.46. The first kappa shape index (κ1) is 23.4. The summed E-state index contributed by atoms with van der Waals surface area (Å²) in [5.41, 5.74) is 7.43. The van der Waals surface area contributed by atoms with E-state index in [1.165, 1.54) is 40.0 Å². The van der Waals surface area contributed by atoms with Crippen molar-refractivity contribution in [3.63, 3.8) is 0 Å². The number of rotatable bonds is 5. The fraction of sp³-hybridized carbons (Fsp3) is 0.500. The van der Waals surface area contributed by atoms with Crippen LogP contribution in [0.2, 0.25) is 4.34 Å². The summed E-state index contributed by atoms with van der Waals surface area (Å²) >= 11 is 8.69. The lowest BCUT2D eigenvalue weighted by Gasteiger charge is -2.27. The van der Waals surface area contributed by atoms with E-state index in [2.05, 4.69) is 17.3 Å².